The molecule has 4 aliphatic rings. The normalized spacial score (nSPS) is 31.2. The van der Waals surface area contributed by atoms with Crippen molar-refractivity contribution >= 4 is 11.7 Å². The predicted molar refractivity (Wildman–Crippen MR) is 101 cm³/mol. The molecule has 0 saturated heterocycles. The Morgan fingerprint density at radius 3 is 2.56 bits per heavy atom. The SMILES string of the molecule is Cc1nn(-c2nccc(N)n2)cc1C(=O)NCC12CC3CC(CC(C3)C1)C2. The summed E-state index contributed by atoms with van der Waals surface area (Å²) in [6.45, 7) is 2.62. The van der Waals surface area contributed by atoms with Crippen molar-refractivity contribution in [2.75, 3.05) is 12.3 Å². The molecule has 2 aromatic rings. The summed E-state index contributed by atoms with van der Waals surface area (Å²) in [6, 6.07) is 1.62. The highest BCUT2D eigenvalue weighted by Crippen LogP contribution is 2.59. The highest BCUT2D eigenvalue weighted by atomic mass is 16.1. The molecule has 0 spiro atoms. The van der Waals surface area contributed by atoms with Crippen LogP contribution < -0.4 is 11.1 Å². The number of nitrogens with zero attached hydrogens (tertiary/aromatic N) is 4. The summed E-state index contributed by atoms with van der Waals surface area (Å²) in [5.74, 6) is 3.35. The minimum atomic E-state index is -0.0570. The van der Waals surface area contributed by atoms with Crippen molar-refractivity contribution in [1.82, 2.24) is 25.1 Å². The standard InChI is InChI=1S/C20H26N6O/c1-12-16(10-26(25-12)19-22-3-2-17(21)24-19)18(27)23-11-20-7-13-4-14(8-20)6-15(5-13)9-20/h2-3,10,13-15H,4-9,11H2,1H3,(H,23,27)(H2,21,22,24). The largest absolute Gasteiger partial charge is 0.384 e. The second-order valence-corrected chi connectivity index (χ2v) is 8.95. The molecule has 7 nitrogen and oxygen atoms in total. The van der Waals surface area contributed by atoms with Crippen LogP contribution in [0.25, 0.3) is 5.95 Å². The fourth-order valence-corrected chi connectivity index (χ4v) is 6.13. The average Bonchev–Trinajstić information content (AvgIpc) is 3.01. The molecular weight excluding hydrogens is 340 g/mol. The summed E-state index contributed by atoms with van der Waals surface area (Å²) >= 11 is 0. The van der Waals surface area contributed by atoms with Gasteiger partial charge < -0.3 is 11.1 Å². The van der Waals surface area contributed by atoms with Gasteiger partial charge >= 0.3 is 0 Å². The molecule has 0 radical (unpaired) electrons. The molecule has 4 aliphatic carbocycles. The van der Waals surface area contributed by atoms with Gasteiger partial charge in [0, 0.05) is 18.9 Å². The molecule has 27 heavy (non-hydrogen) atoms. The molecule has 0 aromatic carbocycles. The first-order chi connectivity index (χ1) is 13.0. The molecule has 6 rings (SSSR count). The molecular formula is C20H26N6O. The fourth-order valence-electron chi connectivity index (χ4n) is 6.13. The van der Waals surface area contributed by atoms with Gasteiger partial charge in [0.1, 0.15) is 5.82 Å². The van der Waals surface area contributed by atoms with E-state index in [2.05, 4.69) is 20.4 Å². The summed E-state index contributed by atoms with van der Waals surface area (Å²) in [4.78, 5) is 21.2. The van der Waals surface area contributed by atoms with Gasteiger partial charge in [-0.2, -0.15) is 10.1 Å². The smallest absolute Gasteiger partial charge is 0.254 e. The van der Waals surface area contributed by atoms with Crippen molar-refractivity contribution in [2.24, 2.45) is 23.2 Å². The first-order valence-corrected chi connectivity index (χ1v) is 9.93. The van der Waals surface area contributed by atoms with E-state index in [0.717, 1.165) is 24.3 Å². The van der Waals surface area contributed by atoms with Gasteiger partial charge in [-0.3, -0.25) is 4.79 Å². The van der Waals surface area contributed by atoms with Gasteiger partial charge in [0.15, 0.2) is 0 Å². The Hall–Kier alpha value is -2.44. The minimum absolute atomic E-state index is 0.0570. The lowest BCUT2D eigenvalue weighted by Gasteiger charge is -2.56. The van der Waals surface area contributed by atoms with Crippen LogP contribution in [0.1, 0.15) is 54.6 Å². The number of nitrogens with one attached hydrogen (secondary N) is 1. The number of rotatable bonds is 4. The van der Waals surface area contributed by atoms with Crippen LogP contribution in [0.2, 0.25) is 0 Å². The number of hydrogen-bond acceptors (Lipinski definition) is 5. The maximum atomic E-state index is 12.8. The maximum absolute atomic E-state index is 12.8. The number of anilines is 1. The number of hydrogen-bond donors (Lipinski definition) is 2. The molecule has 4 saturated carbocycles. The maximum Gasteiger partial charge on any atom is 0.254 e. The molecule has 1 amide bonds. The van der Waals surface area contributed by atoms with E-state index in [9.17, 15) is 4.79 Å². The van der Waals surface area contributed by atoms with E-state index in [1.807, 2.05) is 6.92 Å². The Labute approximate surface area is 158 Å². The monoisotopic (exact) mass is 366 g/mol. The molecule has 0 unspecified atom stereocenters. The highest BCUT2D eigenvalue weighted by Gasteiger charge is 2.50. The number of carbonyl (C=O) groups is 1. The Balaban J connectivity index is 1.31. The van der Waals surface area contributed by atoms with Crippen LogP contribution >= 0.6 is 0 Å². The molecule has 0 atom stereocenters. The van der Waals surface area contributed by atoms with Crippen molar-refractivity contribution in [3.05, 3.63) is 29.7 Å². The van der Waals surface area contributed by atoms with Crippen LogP contribution in [-0.2, 0) is 0 Å². The van der Waals surface area contributed by atoms with E-state index in [4.69, 9.17) is 5.73 Å². The summed E-state index contributed by atoms with van der Waals surface area (Å²) < 4.78 is 1.52. The van der Waals surface area contributed by atoms with E-state index >= 15 is 0 Å². The Kier molecular flexibility index (Phi) is 3.74. The zero-order chi connectivity index (χ0) is 18.6. The Morgan fingerprint density at radius 2 is 1.93 bits per heavy atom. The molecule has 4 bridgehead atoms. The summed E-state index contributed by atoms with van der Waals surface area (Å²) in [5.41, 5.74) is 7.29. The molecule has 142 valence electrons. The van der Waals surface area contributed by atoms with E-state index < -0.39 is 0 Å². The third-order valence-corrected chi connectivity index (χ3v) is 6.80. The third kappa shape index (κ3) is 2.99. The summed E-state index contributed by atoms with van der Waals surface area (Å²) in [6.07, 6.45) is 11.4. The van der Waals surface area contributed by atoms with Gasteiger partial charge in [-0.1, -0.05) is 0 Å². The second-order valence-electron chi connectivity index (χ2n) is 8.95. The average molecular weight is 366 g/mol. The molecule has 7 heteroatoms. The second kappa shape index (κ2) is 6.04. The van der Waals surface area contributed by atoms with Gasteiger partial charge in [-0.25, -0.2) is 9.67 Å². The minimum Gasteiger partial charge on any atom is -0.384 e. The van der Waals surface area contributed by atoms with Crippen LogP contribution in [0, 0.1) is 30.1 Å². The fraction of sp³-hybridized carbons (Fsp3) is 0.600. The number of nitrogen functional groups attached to an aromatic ring is 1. The molecule has 2 aromatic heterocycles. The van der Waals surface area contributed by atoms with Crippen molar-refractivity contribution < 1.29 is 4.79 Å². The Morgan fingerprint density at radius 1 is 1.26 bits per heavy atom. The van der Waals surface area contributed by atoms with E-state index in [0.29, 0.717) is 28.4 Å². The van der Waals surface area contributed by atoms with Crippen LogP contribution in [0.4, 0.5) is 5.82 Å². The number of aromatic nitrogens is 4. The van der Waals surface area contributed by atoms with Gasteiger partial charge in [0.25, 0.3) is 11.9 Å². The first kappa shape index (κ1) is 16.7. The van der Waals surface area contributed by atoms with Crippen LogP contribution in [0.3, 0.4) is 0 Å². The molecule has 2 heterocycles. The van der Waals surface area contributed by atoms with Crippen LogP contribution in [0.5, 0.6) is 0 Å². The zero-order valence-corrected chi connectivity index (χ0v) is 15.7. The van der Waals surface area contributed by atoms with Crippen LogP contribution in [0.15, 0.2) is 18.5 Å². The quantitative estimate of drug-likeness (QED) is 0.866. The third-order valence-electron chi connectivity index (χ3n) is 6.80. The molecule has 4 fully saturated rings. The van der Waals surface area contributed by atoms with E-state index in [1.54, 1.807) is 18.5 Å². The van der Waals surface area contributed by atoms with Crippen molar-refractivity contribution in [2.45, 2.75) is 45.4 Å². The molecule has 0 aliphatic heterocycles. The predicted octanol–water partition coefficient (Wildman–Crippen LogP) is 2.50. The van der Waals surface area contributed by atoms with Gasteiger partial charge in [-0.15, -0.1) is 0 Å². The number of amides is 1. The number of aryl methyl sites for hydroxylation is 1. The van der Waals surface area contributed by atoms with Gasteiger partial charge in [0.05, 0.1) is 11.3 Å². The lowest BCUT2D eigenvalue weighted by atomic mass is 9.49. The topological polar surface area (TPSA) is 98.7 Å². The summed E-state index contributed by atoms with van der Waals surface area (Å²) in [5, 5.41) is 7.61. The zero-order valence-electron chi connectivity index (χ0n) is 15.7. The van der Waals surface area contributed by atoms with Gasteiger partial charge in [0.2, 0.25) is 0 Å². The summed E-state index contributed by atoms with van der Waals surface area (Å²) in [7, 11) is 0. The number of nitrogens with two attached hydrogens (primary N) is 1. The lowest BCUT2D eigenvalue weighted by molar-refractivity contribution is -0.0503. The Bertz CT molecular complexity index is 853. The van der Waals surface area contributed by atoms with E-state index in [1.165, 1.54) is 43.2 Å². The van der Waals surface area contributed by atoms with Crippen molar-refractivity contribution in [1.29, 1.82) is 0 Å². The van der Waals surface area contributed by atoms with Crippen molar-refractivity contribution in [3.8, 4) is 5.95 Å². The lowest BCUT2D eigenvalue weighted by Crippen LogP contribution is -2.51. The van der Waals surface area contributed by atoms with Crippen molar-refractivity contribution in [3.63, 3.8) is 0 Å². The van der Waals surface area contributed by atoms with Gasteiger partial charge in [-0.05, 0) is 74.7 Å². The first-order valence-electron chi connectivity index (χ1n) is 9.93. The number of carbonyl (C=O) groups excluding carboxylic acids is 1. The van der Waals surface area contributed by atoms with Crippen LogP contribution in [-0.4, -0.2) is 32.2 Å². The highest BCUT2D eigenvalue weighted by molar-refractivity contribution is 5.95. The van der Waals surface area contributed by atoms with E-state index in [-0.39, 0.29) is 5.91 Å². The molecule has 3 N–H and O–H groups in total.